The molecule has 1 unspecified atom stereocenters. The summed E-state index contributed by atoms with van der Waals surface area (Å²) in [5, 5.41) is 12.8. The first kappa shape index (κ1) is 14.4. The molecule has 0 amide bonds. The lowest BCUT2D eigenvalue weighted by atomic mass is 10.2. The molecular formula is C14H20F2N2O. The Morgan fingerprint density at radius 1 is 1.26 bits per heavy atom. The summed E-state index contributed by atoms with van der Waals surface area (Å²) in [6.45, 7) is 3.32. The largest absolute Gasteiger partial charge is 0.390 e. The lowest BCUT2D eigenvalue weighted by Gasteiger charge is -2.19. The third-order valence-corrected chi connectivity index (χ3v) is 3.39. The van der Waals surface area contributed by atoms with Gasteiger partial charge in [0.2, 0.25) is 0 Å². The minimum atomic E-state index is -0.836. The van der Waals surface area contributed by atoms with Crippen LogP contribution in [0.1, 0.15) is 18.4 Å². The quantitative estimate of drug-likeness (QED) is 0.822. The Balaban J connectivity index is 1.72. The van der Waals surface area contributed by atoms with E-state index >= 15 is 0 Å². The van der Waals surface area contributed by atoms with Crippen LogP contribution in [0.4, 0.5) is 8.78 Å². The number of aliphatic hydroxyl groups is 1. The van der Waals surface area contributed by atoms with Crippen LogP contribution in [0.15, 0.2) is 18.2 Å². The molecule has 0 bridgehead atoms. The highest BCUT2D eigenvalue weighted by Crippen LogP contribution is 2.11. The SMILES string of the molecule is OC(CNCc1cccc(F)c1F)CN1CCCC1. The highest BCUT2D eigenvalue weighted by Gasteiger charge is 2.15. The van der Waals surface area contributed by atoms with E-state index in [9.17, 15) is 13.9 Å². The number of hydrogen-bond donors (Lipinski definition) is 2. The molecule has 1 heterocycles. The zero-order valence-corrected chi connectivity index (χ0v) is 10.9. The zero-order chi connectivity index (χ0) is 13.7. The summed E-state index contributed by atoms with van der Waals surface area (Å²) in [5.41, 5.74) is 0.286. The van der Waals surface area contributed by atoms with E-state index in [1.807, 2.05) is 0 Å². The van der Waals surface area contributed by atoms with Crippen molar-refractivity contribution in [2.45, 2.75) is 25.5 Å². The second kappa shape index (κ2) is 6.93. The molecule has 1 aliphatic rings. The van der Waals surface area contributed by atoms with E-state index < -0.39 is 17.7 Å². The minimum absolute atomic E-state index is 0.223. The van der Waals surface area contributed by atoms with Crippen molar-refractivity contribution in [3.8, 4) is 0 Å². The maximum Gasteiger partial charge on any atom is 0.163 e. The zero-order valence-electron chi connectivity index (χ0n) is 10.9. The van der Waals surface area contributed by atoms with Gasteiger partial charge in [0, 0.05) is 25.2 Å². The van der Waals surface area contributed by atoms with Gasteiger partial charge in [0.15, 0.2) is 11.6 Å². The van der Waals surface area contributed by atoms with Gasteiger partial charge < -0.3 is 15.3 Å². The molecule has 2 rings (SSSR count). The average molecular weight is 270 g/mol. The third-order valence-electron chi connectivity index (χ3n) is 3.39. The Morgan fingerprint density at radius 2 is 2.00 bits per heavy atom. The number of benzene rings is 1. The van der Waals surface area contributed by atoms with Crippen molar-refractivity contribution < 1.29 is 13.9 Å². The van der Waals surface area contributed by atoms with Gasteiger partial charge in [0.1, 0.15) is 0 Å². The number of β-amino-alcohol motifs (C(OH)–C–C–N with tert-alkyl or cyclic N) is 1. The number of nitrogens with one attached hydrogen (secondary N) is 1. The van der Waals surface area contributed by atoms with Gasteiger partial charge in [-0.2, -0.15) is 0 Å². The van der Waals surface area contributed by atoms with Crippen LogP contribution in [0.2, 0.25) is 0 Å². The van der Waals surface area contributed by atoms with Gasteiger partial charge in [-0.1, -0.05) is 12.1 Å². The summed E-state index contributed by atoms with van der Waals surface area (Å²) >= 11 is 0. The Morgan fingerprint density at radius 3 is 2.74 bits per heavy atom. The van der Waals surface area contributed by atoms with Crippen molar-refractivity contribution in [3.63, 3.8) is 0 Å². The van der Waals surface area contributed by atoms with Gasteiger partial charge in [0.25, 0.3) is 0 Å². The van der Waals surface area contributed by atoms with Gasteiger partial charge in [-0.15, -0.1) is 0 Å². The fourth-order valence-electron chi connectivity index (χ4n) is 2.39. The van der Waals surface area contributed by atoms with Gasteiger partial charge >= 0.3 is 0 Å². The molecule has 2 N–H and O–H groups in total. The highest BCUT2D eigenvalue weighted by atomic mass is 19.2. The fraction of sp³-hybridized carbons (Fsp3) is 0.571. The summed E-state index contributed by atoms with van der Waals surface area (Å²) in [4.78, 5) is 2.22. The summed E-state index contributed by atoms with van der Waals surface area (Å²) in [7, 11) is 0. The molecule has 1 aliphatic heterocycles. The number of rotatable bonds is 6. The first-order chi connectivity index (χ1) is 9.16. The first-order valence-electron chi connectivity index (χ1n) is 6.71. The molecule has 5 heteroatoms. The molecule has 106 valence electrons. The Labute approximate surface area is 112 Å². The molecule has 1 atom stereocenters. The molecule has 1 fully saturated rings. The lowest BCUT2D eigenvalue weighted by molar-refractivity contribution is 0.123. The van der Waals surface area contributed by atoms with E-state index in [-0.39, 0.29) is 12.1 Å². The van der Waals surface area contributed by atoms with Crippen molar-refractivity contribution in [1.82, 2.24) is 10.2 Å². The predicted molar refractivity (Wildman–Crippen MR) is 69.7 cm³/mol. The molecule has 1 aromatic rings. The molecule has 0 aliphatic carbocycles. The number of hydrogen-bond acceptors (Lipinski definition) is 3. The van der Waals surface area contributed by atoms with Crippen LogP contribution in [0, 0.1) is 11.6 Å². The molecular weight excluding hydrogens is 250 g/mol. The molecule has 0 spiro atoms. The molecule has 1 aromatic carbocycles. The highest BCUT2D eigenvalue weighted by molar-refractivity contribution is 5.18. The van der Waals surface area contributed by atoms with Gasteiger partial charge in [-0.25, -0.2) is 8.78 Å². The lowest BCUT2D eigenvalue weighted by Crippen LogP contribution is -2.36. The molecule has 3 nitrogen and oxygen atoms in total. The maximum absolute atomic E-state index is 13.4. The van der Waals surface area contributed by atoms with Crippen molar-refractivity contribution in [2.75, 3.05) is 26.2 Å². The normalized spacial score (nSPS) is 17.8. The smallest absolute Gasteiger partial charge is 0.163 e. The first-order valence-corrected chi connectivity index (χ1v) is 6.71. The van der Waals surface area contributed by atoms with Crippen LogP contribution in [0.5, 0.6) is 0 Å². The van der Waals surface area contributed by atoms with Crippen LogP contribution in [-0.2, 0) is 6.54 Å². The van der Waals surface area contributed by atoms with E-state index in [4.69, 9.17) is 0 Å². The Bertz CT molecular complexity index is 408. The van der Waals surface area contributed by atoms with Crippen LogP contribution in [0.3, 0.4) is 0 Å². The summed E-state index contributed by atoms with van der Waals surface area (Å²) < 4.78 is 26.3. The molecule has 0 saturated carbocycles. The van der Waals surface area contributed by atoms with E-state index in [0.717, 1.165) is 19.2 Å². The number of nitrogens with zero attached hydrogens (tertiary/aromatic N) is 1. The van der Waals surface area contributed by atoms with Gasteiger partial charge in [-0.05, 0) is 32.0 Å². The van der Waals surface area contributed by atoms with Crippen molar-refractivity contribution in [3.05, 3.63) is 35.4 Å². The average Bonchev–Trinajstić information content (AvgIpc) is 2.87. The second-order valence-corrected chi connectivity index (χ2v) is 5.01. The minimum Gasteiger partial charge on any atom is -0.390 e. The summed E-state index contributed by atoms with van der Waals surface area (Å²) in [5.74, 6) is -1.65. The van der Waals surface area contributed by atoms with E-state index in [1.54, 1.807) is 0 Å². The van der Waals surface area contributed by atoms with E-state index in [1.165, 1.54) is 25.0 Å². The van der Waals surface area contributed by atoms with Gasteiger partial charge in [0.05, 0.1) is 6.10 Å². The summed E-state index contributed by atoms with van der Waals surface area (Å²) in [6, 6.07) is 4.12. The van der Waals surface area contributed by atoms with Crippen molar-refractivity contribution in [2.24, 2.45) is 0 Å². The van der Waals surface area contributed by atoms with Gasteiger partial charge in [-0.3, -0.25) is 0 Å². The third kappa shape index (κ3) is 4.23. The van der Waals surface area contributed by atoms with E-state index in [0.29, 0.717) is 13.1 Å². The number of halogens is 2. The standard InChI is InChI=1S/C14H20F2N2O/c15-13-5-3-4-11(14(13)16)8-17-9-12(19)10-18-6-1-2-7-18/h3-5,12,17,19H,1-2,6-10H2. The molecule has 0 aromatic heterocycles. The van der Waals surface area contributed by atoms with Crippen molar-refractivity contribution >= 4 is 0 Å². The monoisotopic (exact) mass is 270 g/mol. The molecule has 1 saturated heterocycles. The second-order valence-electron chi connectivity index (χ2n) is 5.01. The topological polar surface area (TPSA) is 35.5 Å². The van der Waals surface area contributed by atoms with Crippen LogP contribution >= 0.6 is 0 Å². The van der Waals surface area contributed by atoms with Crippen LogP contribution < -0.4 is 5.32 Å². The predicted octanol–water partition coefficient (Wildman–Crippen LogP) is 1.51. The molecule has 0 radical (unpaired) electrons. The Hall–Kier alpha value is -1.04. The fourth-order valence-corrected chi connectivity index (χ4v) is 2.39. The number of aliphatic hydroxyl groups excluding tert-OH is 1. The van der Waals surface area contributed by atoms with Crippen LogP contribution in [-0.4, -0.2) is 42.3 Å². The van der Waals surface area contributed by atoms with Crippen LogP contribution in [0.25, 0.3) is 0 Å². The number of likely N-dealkylation sites (tertiary alicyclic amines) is 1. The van der Waals surface area contributed by atoms with Crippen molar-refractivity contribution in [1.29, 1.82) is 0 Å². The molecule has 19 heavy (non-hydrogen) atoms. The summed E-state index contributed by atoms with van der Waals surface area (Å²) in [6.07, 6.45) is 1.90. The maximum atomic E-state index is 13.4. The Kier molecular flexibility index (Phi) is 5.24. The van der Waals surface area contributed by atoms with E-state index in [2.05, 4.69) is 10.2 Å².